The highest BCUT2D eigenvalue weighted by Gasteiger charge is 2.11. The molecular formula is C22H21FN4O3. The number of amides is 2. The molecule has 0 aliphatic heterocycles. The van der Waals surface area contributed by atoms with Crippen LogP contribution in [0.1, 0.15) is 21.5 Å². The van der Waals surface area contributed by atoms with Crippen molar-refractivity contribution in [3.63, 3.8) is 0 Å². The fourth-order valence-corrected chi connectivity index (χ4v) is 2.86. The Hall–Kier alpha value is -3.81. The first-order valence-corrected chi connectivity index (χ1v) is 9.37. The highest BCUT2D eigenvalue weighted by Crippen LogP contribution is 2.17. The number of rotatable bonds is 7. The predicted molar refractivity (Wildman–Crippen MR) is 111 cm³/mol. The van der Waals surface area contributed by atoms with Crippen molar-refractivity contribution < 1.29 is 14.0 Å². The highest BCUT2D eigenvalue weighted by atomic mass is 19.1. The minimum absolute atomic E-state index is 0.184. The first-order valence-electron chi connectivity index (χ1n) is 9.37. The van der Waals surface area contributed by atoms with Crippen LogP contribution in [0.25, 0.3) is 0 Å². The van der Waals surface area contributed by atoms with Crippen molar-refractivity contribution >= 4 is 17.5 Å². The summed E-state index contributed by atoms with van der Waals surface area (Å²) in [5, 5.41) is 5.51. The molecule has 0 fully saturated rings. The summed E-state index contributed by atoms with van der Waals surface area (Å²) >= 11 is 0. The maximum Gasteiger partial charge on any atom is 0.347 e. The van der Waals surface area contributed by atoms with Gasteiger partial charge in [-0.2, -0.15) is 0 Å². The van der Waals surface area contributed by atoms with Crippen molar-refractivity contribution in [1.29, 1.82) is 0 Å². The number of anilines is 1. The summed E-state index contributed by atoms with van der Waals surface area (Å²) in [5.41, 5.74) is 1.91. The van der Waals surface area contributed by atoms with Crippen molar-refractivity contribution in [2.75, 3.05) is 11.9 Å². The van der Waals surface area contributed by atoms with Gasteiger partial charge in [-0.05, 0) is 54.8 Å². The Kier molecular flexibility index (Phi) is 6.69. The van der Waals surface area contributed by atoms with E-state index in [1.54, 1.807) is 43.3 Å². The van der Waals surface area contributed by atoms with Crippen LogP contribution >= 0.6 is 0 Å². The van der Waals surface area contributed by atoms with Crippen LogP contribution in [0.4, 0.5) is 10.1 Å². The number of aryl methyl sites for hydroxylation is 1. The summed E-state index contributed by atoms with van der Waals surface area (Å²) in [6.07, 6.45) is 3.33. The topological polar surface area (TPSA) is 93.1 Å². The maximum absolute atomic E-state index is 13.2. The van der Waals surface area contributed by atoms with Crippen LogP contribution in [0.3, 0.4) is 0 Å². The third-order valence-electron chi connectivity index (χ3n) is 4.46. The molecule has 3 rings (SSSR count). The van der Waals surface area contributed by atoms with Crippen molar-refractivity contribution in [2.24, 2.45) is 0 Å². The van der Waals surface area contributed by atoms with E-state index >= 15 is 0 Å². The van der Waals surface area contributed by atoms with E-state index in [2.05, 4.69) is 15.6 Å². The molecule has 0 saturated heterocycles. The van der Waals surface area contributed by atoms with Gasteiger partial charge in [-0.15, -0.1) is 0 Å². The van der Waals surface area contributed by atoms with E-state index in [9.17, 15) is 18.8 Å². The minimum atomic E-state index is -0.518. The van der Waals surface area contributed by atoms with Crippen molar-refractivity contribution in [1.82, 2.24) is 14.9 Å². The maximum atomic E-state index is 13.2. The molecule has 2 aromatic carbocycles. The molecule has 0 aliphatic rings. The monoisotopic (exact) mass is 408 g/mol. The van der Waals surface area contributed by atoms with Gasteiger partial charge in [0.25, 0.3) is 5.91 Å². The number of nitrogens with one attached hydrogen (secondary N) is 2. The van der Waals surface area contributed by atoms with Crippen molar-refractivity contribution in [3.05, 3.63) is 93.9 Å². The average molecular weight is 408 g/mol. The molecule has 1 heterocycles. The molecule has 3 aromatic rings. The van der Waals surface area contributed by atoms with Gasteiger partial charge < -0.3 is 10.6 Å². The molecule has 154 valence electrons. The van der Waals surface area contributed by atoms with Crippen molar-refractivity contribution in [3.8, 4) is 0 Å². The number of hydrogen-bond acceptors (Lipinski definition) is 4. The fourth-order valence-electron chi connectivity index (χ4n) is 2.86. The molecular weight excluding hydrogens is 387 g/mol. The second kappa shape index (κ2) is 9.60. The van der Waals surface area contributed by atoms with E-state index in [1.807, 2.05) is 0 Å². The lowest BCUT2D eigenvalue weighted by Crippen LogP contribution is -2.29. The van der Waals surface area contributed by atoms with Gasteiger partial charge in [-0.25, -0.2) is 14.2 Å². The van der Waals surface area contributed by atoms with Crippen LogP contribution in [0.2, 0.25) is 0 Å². The summed E-state index contributed by atoms with van der Waals surface area (Å²) in [7, 11) is 0. The van der Waals surface area contributed by atoms with Gasteiger partial charge in [-0.1, -0.05) is 18.2 Å². The number of nitrogens with zero attached hydrogens (tertiary/aromatic N) is 2. The second-order valence-electron chi connectivity index (χ2n) is 6.74. The molecule has 0 aliphatic carbocycles. The Morgan fingerprint density at radius 3 is 2.73 bits per heavy atom. The SMILES string of the molecule is Cc1ccc(C(=O)NCCc2cccc(F)c2)cc1NC(=O)Cn1cccnc1=O. The molecule has 0 spiro atoms. The van der Waals surface area contributed by atoms with E-state index in [0.29, 0.717) is 24.2 Å². The molecule has 30 heavy (non-hydrogen) atoms. The Morgan fingerprint density at radius 2 is 1.97 bits per heavy atom. The van der Waals surface area contributed by atoms with Gasteiger partial charge in [0, 0.05) is 30.2 Å². The van der Waals surface area contributed by atoms with Crippen LogP contribution in [0.5, 0.6) is 0 Å². The van der Waals surface area contributed by atoms with Gasteiger partial charge in [0.05, 0.1) is 0 Å². The number of hydrogen-bond donors (Lipinski definition) is 2. The largest absolute Gasteiger partial charge is 0.352 e. The Morgan fingerprint density at radius 1 is 1.13 bits per heavy atom. The predicted octanol–water partition coefficient (Wildman–Crippen LogP) is 2.30. The lowest BCUT2D eigenvalue weighted by atomic mass is 10.1. The Balaban J connectivity index is 1.61. The molecule has 8 heteroatoms. The standard InChI is InChI=1S/C22H21FN4O3/c1-15-6-7-17(21(29)24-10-8-16-4-2-5-18(23)12-16)13-19(15)26-20(28)14-27-11-3-9-25-22(27)30/h2-7,9,11-13H,8,10,14H2,1H3,(H,24,29)(H,26,28). The minimum Gasteiger partial charge on any atom is -0.352 e. The van der Waals surface area contributed by atoms with Crippen LogP contribution in [0.15, 0.2) is 65.7 Å². The van der Waals surface area contributed by atoms with Gasteiger partial charge in [0.1, 0.15) is 12.4 Å². The van der Waals surface area contributed by atoms with Crippen LogP contribution in [-0.2, 0) is 17.8 Å². The highest BCUT2D eigenvalue weighted by molar-refractivity contribution is 5.97. The van der Waals surface area contributed by atoms with Crippen LogP contribution < -0.4 is 16.3 Å². The second-order valence-corrected chi connectivity index (χ2v) is 6.74. The summed E-state index contributed by atoms with van der Waals surface area (Å²) in [6, 6.07) is 12.8. The smallest absolute Gasteiger partial charge is 0.347 e. The number of aromatic nitrogens is 2. The lowest BCUT2D eigenvalue weighted by Gasteiger charge is -2.12. The molecule has 2 N–H and O–H groups in total. The Bertz CT molecular complexity index is 1130. The van der Waals surface area contributed by atoms with E-state index in [4.69, 9.17) is 0 Å². The molecule has 0 radical (unpaired) electrons. The molecule has 0 bridgehead atoms. The first kappa shape index (κ1) is 20.9. The summed E-state index contributed by atoms with van der Waals surface area (Å²) in [6.45, 7) is 1.97. The molecule has 7 nitrogen and oxygen atoms in total. The summed E-state index contributed by atoms with van der Waals surface area (Å²) < 4.78 is 14.4. The van der Waals surface area contributed by atoms with Crippen molar-refractivity contribution in [2.45, 2.75) is 19.9 Å². The first-order chi connectivity index (χ1) is 14.4. The normalized spacial score (nSPS) is 10.5. The van der Waals surface area contributed by atoms with E-state index in [-0.39, 0.29) is 18.3 Å². The van der Waals surface area contributed by atoms with Gasteiger partial charge in [0.15, 0.2) is 0 Å². The Labute approximate surface area is 172 Å². The van der Waals surface area contributed by atoms with Gasteiger partial charge in [0.2, 0.25) is 5.91 Å². The molecule has 2 amide bonds. The number of carbonyl (C=O) groups is 2. The lowest BCUT2D eigenvalue weighted by molar-refractivity contribution is -0.116. The third kappa shape index (κ3) is 5.60. The molecule has 0 unspecified atom stereocenters. The quantitative estimate of drug-likeness (QED) is 0.627. The number of benzene rings is 2. The van der Waals surface area contributed by atoms with E-state index in [0.717, 1.165) is 11.1 Å². The van der Waals surface area contributed by atoms with Gasteiger partial charge >= 0.3 is 5.69 Å². The number of halogens is 1. The van der Waals surface area contributed by atoms with E-state index < -0.39 is 11.6 Å². The zero-order valence-corrected chi connectivity index (χ0v) is 16.4. The summed E-state index contributed by atoms with van der Waals surface area (Å²) in [5.74, 6) is -1.02. The zero-order valence-electron chi connectivity index (χ0n) is 16.4. The van der Waals surface area contributed by atoms with Gasteiger partial charge in [-0.3, -0.25) is 14.2 Å². The third-order valence-corrected chi connectivity index (χ3v) is 4.46. The zero-order chi connectivity index (χ0) is 21.5. The van der Waals surface area contributed by atoms with E-state index in [1.165, 1.54) is 29.1 Å². The molecule has 0 atom stereocenters. The van der Waals surface area contributed by atoms with Crippen LogP contribution in [0, 0.1) is 12.7 Å². The van der Waals surface area contributed by atoms with Crippen LogP contribution in [-0.4, -0.2) is 27.9 Å². The molecule has 0 saturated carbocycles. The summed E-state index contributed by atoms with van der Waals surface area (Å²) in [4.78, 5) is 40.0. The number of carbonyl (C=O) groups excluding carboxylic acids is 2. The average Bonchev–Trinajstić information content (AvgIpc) is 2.71. The fraction of sp³-hybridized carbons (Fsp3) is 0.182. The molecule has 1 aromatic heterocycles.